The third-order valence-electron chi connectivity index (χ3n) is 3.72. The van der Waals surface area contributed by atoms with Crippen LogP contribution in [0.3, 0.4) is 0 Å². The largest absolute Gasteiger partial charge is 0.312 e. The Bertz CT molecular complexity index is 369. The van der Waals surface area contributed by atoms with Crippen LogP contribution in [0.25, 0.3) is 0 Å². The van der Waals surface area contributed by atoms with Gasteiger partial charge < -0.3 is 5.32 Å². The SMILES string of the molecule is Fc1cccc2c1C1(CCC1)CNC2. The number of fused-ring (bicyclic) bond motifs is 2. The second-order valence-corrected chi connectivity index (χ2v) is 4.51. The van der Waals surface area contributed by atoms with Crippen LogP contribution in [-0.2, 0) is 12.0 Å². The fourth-order valence-corrected chi connectivity index (χ4v) is 2.87. The van der Waals surface area contributed by atoms with E-state index in [0.29, 0.717) is 0 Å². The van der Waals surface area contributed by atoms with Crippen molar-refractivity contribution in [2.75, 3.05) is 6.54 Å². The van der Waals surface area contributed by atoms with E-state index < -0.39 is 0 Å². The fourth-order valence-electron chi connectivity index (χ4n) is 2.87. The van der Waals surface area contributed by atoms with Crippen LogP contribution in [0.15, 0.2) is 18.2 Å². The maximum absolute atomic E-state index is 13.8. The van der Waals surface area contributed by atoms with E-state index in [1.54, 1.807) is 6.07 Å². The van der Waals surface area contributed by atoms with Crippen LogP contribution in [-0.4, -0.2) is 6.54 Å². The van der Waals surface area contributed by atoms with Crippen molar-refractivity contribution in [3.63, 3.8) is 0 Å². The summed E-state index contributed by atoms with van der Waals surface area (Å²) in [6.07, 6.45) is 3.54. The van der Waals surface area contributed by atoms with Gasteiger partial charge in [-0.25, -0.2) is 4.39 Å². The second kappa shape index (κ2) is 2.80. The van der Waals surface area contributed by atoms with Gasteiger partial charge in [0.15, 0.2) is 0 Å². The Labute approximate surface area is 83.3 Å². The van der Waals surface area contributed by atoms with E-state index in [9.17, 15) is 4.39 Å². The van der Waals surface area contributed by atoms with Gasteiger partial charge in [-0.05, 0) is 30.0 Å². The summed E-state index contributed by atoms with van der Waals surface area (Å²) < 4.78 is 13.8. The van der Waals surface area contributed by atoms with Crippen LogP contribution in [0.4, 0.5) is 4.39 Å². The predicted octanol–water partition coefficient (Wildman–Crippen LogP) is 2.35. The van der Waals surface area contributed by atoms with Gasteiger partial charge in [0.05, 0.1) is 0 Å². The summed E-state index contributed by atoms with van der Waals surface area (Å²) in [6.45, 7) is 1.79. The molecule has 1 aromatic carbocycles. The summed E-state index contributed by atoms with van der Waals surface area (Å²) in [5, 5.41) is 3.39. The van der Waals surface area contributed by atoms with Crippen molar-refractivity contribution in [1.29, 1.82) is 0 Å². The van der Waals surface area contributed by atoms with Crippen LogP contribution in [0, 0.1) is 5.82 Å². The summed E-state index contributed by atoms with van der Waals surface area (Å²) in [5.41, 5.74) is 2.31. The van der Waals surface area contributed by atoms with Crippen LogP contribution in [0.2, 0.25) is 0 Å². The van der Waals surface area contributed by atoms with Crippen molar-refractivity contribution < 1.29 is 4.39 Å². The molecule has 2 aliphatic rings. The van der Waals surface area contributed by atoms with Gasteiger partial charge in [-0.3, -0.25) is 0 Å². The van der Waals surface area contributed by atoms with E-state index in [2.05, 4.69) is 5.32 Å². The molecule has 0 unspecified atom stereocenters. The number of hydrogen-bond acceptors (Lipinski definition) is 1. The standard InChI is InChI=1S/C12H14FN/c13-10-4-1-3-9-7-14-8-12(11(9)10)5-2-6-12/h1,3-4,14H,2,5-8H2. The fraction of sp³-hybridized carbons (Fsp3) is 0.500. The van der Waals surface area contributed by atoms with E-state index in [1.807, 2.05) is 12.1 Å². The molecule has 1 nitrogen and oxygen atoms in total. The monoisotopic (exact) mass is 191 g/mol. The third kappa shape index (κ3) is 0.976. The Balaban J connectivity index is 2.17. The van der Waals surface area contributed by atoms with Gasteiger partial charge in [0.1, 0.15) is 5.82 Å². The van der Waals surface area contributed by atoms with E-state index in [0.717, 1.165) is 37.1 Å². The Morgan fingerprint density at radius 2 is 2.14 bits per heavy atom. The topological polar surface area (TPSA) is 12.0 Å². The summed E-state index contributed by atoms with van der Waals surface area (Å²) in [5.74, 6) is 0.00343. The minimum Gasteiger partial charge on any atom is -0.312 e. The molecule has 74 valence electrons. The van der Waals surface area contributed by atoms with E-state index in [4.69, 9.17) is 0 Å². The maximum atomic E-state index is 13.8. The van der Waals surface area contributed by atoms with Gasteiger partial charge in [-0.15, -0.1) is 0 Å². The van der Waals surface area contributed by atoms with Crippen molar-refractivity contribution >= 4 is 0 Å². The average molecular weight is 191 g/mol. The van der Waals surface area contributed by atoms with Gasteiger partial charge in [-0.2, -0.15) is 0 Å². The first-order valence-electron chi connectivity index (χ1n) is 5.30. The Morgan fingerprint density at radius 1 is 1.29 bits per heavy atom. The smallest absolute Gasteiger partial charge is 0.127 e. The lowest BCUT2D eigenvalue weighted by Crippen LogP contribution is -2.48. The molecule has 3 rings (SSSR count). The molecule has 2 heteroatoms. The molecule has 14 heavy (non-hydrogen) atoms. The van der Waals surface area contributed by atoms with Gasteiger partial charge in [-0.1, -0.05) is 18.6 Å². The molecule has 1 aliphatic carbocycles. The highest BCUT2D eigenvalue weighted by Crippen LogP contribution is 2.47. The first-order valence-corrected chi connectivity index (χ1v) is 5.30. The minimum absolute atomic E-state index is 0.00343. The molecule has 1 fully saturated rings. The lowest BCUT2D eigenvalue weighted by Gasteiger charge is -2.46. The maximum Gasteiger partial charge on any atom is 0.127 e. The van der Waals surface area contributed by atoms with E-state index in [-0.39, 0.29) is 11.2 Å². The highest BCUT2D eigenvalue weighted by Gasteiger charge is 2.43. The Morgan fingerprint density at radius 3 is 2.86 bits per heavy atom. The first-order chi connectivity index (χ1) is 6.82. The van der Waals surface area contributed by atoms with Crippen LogP contribution < -0.4 is 5.32 Å². The summed E-state index contributed by atoms with van der Waals surface area (Å²) in [6, 6.07) is 5.46. The van der Waals surface area contributed by atoms with Gasteiger partial charge in [0.25, 0.3) is 0 Å². The zero-order chi connectivity index (χ0) is 9.60. The molecule has 1 N–H and O–H groups in total. The molecule has 1 heterocycles. The van der Waals surface area contributed by atoms with Gasteiger partial charge in [0, 0.05) is 18.5 Å². The van der Waals surface area contributed by atoms with Gasteiger partial charge in [0.2, 0.25) is 0 Å². The molecule has 0 radical (unpaired) electrons. The molecule has 1 spiro atoms. The van der Waals surface area contributed by atoms with Crippen molar-refractivity contribution in [3.05, 3.63) is 35.1 Å². The molecular weight excluding hydrogens is 177 g/mol. The van der Waals surface area contributed by atoms with Gasteiger partial charge >= 0.3 is 0 Å². The summed E-state index contributed by atoms with van der Waals surface area (Å²) >= 11 is 0. The number of rotatable bonds is 0. The molecule has 0 saturated heterocycles. The van der Waals surface area contributed by atoms with Crippen molar-refractivity contribution in [2.24, 2.45) is 0 Å². The number of hydrogen-bond donors (Lipinski definition) is 1. The molecule has 0 aromatic heterocycles. The number of benzene rings is 1. The molecule has 1 saturated carbocycles. The van der Waals surface area contributed by atoms with Crippen molar-refractivity contribution in [2.45, 2.75) is 31.2 Å². The molecule has 0 bridgehead atoms. The quantitative estimate of drug-likeness (QED) is 0.663. The number of halogens is 1. The van der Waals surface area contributed by atoms with Crippen LogP contribution in [0.5, 0.6) is 0 Å². The molecule has 1 aliphatic heterocycles. The summed E-state index contributed by atoms with van der Waals surface area (Å²) in [4.78, 5) is 0. The zero-order valence-corrected chi connectivity index (χ0v) is 8.15. The van der Waals surface area contributed by atoms with Crippen LogP contribution >= 0.6 is 0 Å². The third-order valence-corrected chi connectivity index (χ3v) is 3.72. The lowest BCUT2D eigenvalue weighted by atomic mass is 9.62. The number of nitrogens with one attached hydrogen (secondary N) is 1. The zero-order valence-electron chi connectivity index (χ0n) is 8.15. The molecule has 1 aromatic rings. The van der Waals surface area contributed by atoms with Crippen LogP contribution in [0.1, 0.15) is 30.4 Å². The molecular formula is C12H14FN. The summed E-state index contributed by atoms with van der Waals surface area (Å²) in [7, 11) is 0. The Kier molecular flexibility index (Phi) is 1.68. The lowest BCUT2D eigenvalue weighted by molar-refractivity contribution is 0.211. The minimum atomic E-state index is 0.00343. The van der Waals surface area contributed by atoms with Crippen molar-refractivity contribution in [1.82, 2.24) is 5.32 Å². The normalized spacial score (nSPS) is 22.9. The highest BCUT2D eigenvalue weighted by atomic mass is 19.1. The molecule has 0 amide bonds. The van der Waals surface area contributed by atoms with E-state index in [1.165, 1.54) is 6.42 Å². The average Bonchev–Trinajstić information content (AvgIpc) is 2.15. The Hall–Kier alpha value is -0.890. The van der Waals surface area contributed by atoms with E-state index >= 15 is 0 Å². The highest BCUT2D eigenvalue weighted by molar-refractivity contribution is 5.39. The second-order valence-electron chi connectivity index (χ2n) is 4.51. The van der Waals surface area contributed by atoms with Crippen molar-refractivity contribution in [3.8, 4) is 0 Å². The first kappa shape index (κ1) is 8.42. The molecule has 0 atom stereocenters. The predicted molar refractivity (Wildman–Crippen MR) is 53.6 cm³/mol.